The summed E-state index contributed by atoms with van der Waals surface area (Å²) in [6, 6.07) is 6.24. The number of nitrogens with one attached hydrogen (secondary N) is 3. The van der Waals surface area contributed by atoms with Crippen LogP contribution in [0, 0.1) is 0 Å². The number of piperidine rings is 1. The molecule has 136 valence electrons. The highest BCUT2D eigenvalue weighted by Crippen LogP contribution is 2.28. The lowest BCUT2D eigenvalue weighted by Crippen LogP contribution is -2.48. The second-order valence-electron chi connectivity index (χ2n) is 6.83. The number of urea groups is 1. The van der Waals surface area contributed by atoms with E-state index < -0.39 is 0 Å². The molecule has 0 aromatic heterocycles. The van der Waals surface area contributed by atoms with Crippen LogP contribution in [0.5, 0.6) is 0 Å². The molecule has 1 aromatic rings. The molecule has 2 atom stereocenters. The molecule has 3 saturated heterocycles. The van der Waals surface area contributed by atoms with Crippen LogP contribution in [-0.4, -0.2) is 43.2 Å². The van der Waals surface area contributed by atoms with E-state index in [0.29, 0.717) is 41.4 Å². The summed E-state index contributed by atoms with van der Waals surface area (Å²) < 4.78 is 0. The summed E-state index contributed by atoms with van der Waals surface area (Å²) in [4.78, 5) is 26.1. The van der Waals surface area contributed by atoms with E-state index in [1.807, 2.05) is 0 Å². The highest BCUT2D eigenvalue weighted by Gasteiger charge is 2.34. The topological polar surface area (TPSA) is 73.5 Å². The van der Waals surface area contributed by atoms with E-state index in [0.717, 1.165) is 12.8 Å². The second kappa shape index (κ2) is 7.40. The molecule has 2 unspecified atom stereocenters. The van der Waals surface area contributed by atoms with Crippen LogP contribution in [0.2, 0.25) is 5.02 Å². The molecule has 6 nitrogen and oxygen atoms in total. The SMILES string of the molecule is Cl.O=C(NC1CC2CCC(C1)N2)c1cc(N2CCNC2=O)ccc1Cl. The van der Waals surface area contributed by atoms with Gasteiger partial charge < -0.3 is 16.0 Å². The third-order valence-corrected chi connectivity index (χ3v) is 5.50. The molecule has 4 rings (SSSR count). The van der Waals surface area contributed by atoms with E-state index >= 15 is 0 Å². The minimum atomic E-state index is -0.159. The molecule has 3 heterocycles. The van der Waals surface area contributed by atoms with Crippen molar-refractivity contribution in [2.75, 3.05) is 18.0 Å². The van der Waals surface area contributed by atoms with Crippen molar-refractivity contribution in [1.82, 2.24) is 16.0 Å². The van der Waals surface area contributed by atoms with Gasteiger partial charge in [-0.05, 0) is 43.9 Å². The van der Waals surface area contributed by atoms with Gasteiger partial charge in [-0.1, -0.05) is 11.6 Å². The lowest BCUT2D eigenvalue weighted by molar-refractivity contribution is 0.0924. The minimum absolute atomic E-state index is 0. The maximum atomic E-state index is 12.7. The predicted octanol–water partition coefficient (Wildman–Crippen LogP) is 2.30. The number of rotatable bonds is 3. The van der Waals surface area contributed by atoms with Gasteiger partial charge in [0, 0.05) is 36.9 Å². The molecule has 2 bridgehead atoms. The highest BCUT2D eigenvalue weighted by atomic mass is 35.5. The first-order chi connectivity index (χ1) is 11.6. The first-order valence-corrected chi connectivity index (χ1v) is 8.90. The first kappa shape index (κ1) is 18.3. The fourth-order valence-corrected chi connectivity index (χ4v) is 4.21. The third-order valence-electron chi connectivity index (χ3n) is 5.17. The summed E-state index contributed by atoms with van der Waals surface area (Å²) in [7, 11) is 0. The van der Waals surface area contributed by atoms with Crippen molar-refractivity contribution in [2.45, 2.75) is 43.8 Å². The first-order valence-electron chi connectivity index (χ1n) is 8.52. The van der Waals surface area contributed by atoms with Crippen LogP contribution >= 0.6 is 24.0 Å². The lowest BCUT2D eigenvalue weighted by atomic mass is 9.99. The fourth-order valence-electron chi connectivity index (χ4n) is 4.01. The Morgan fingerprint density at radius 1 is 1.24 bits per heavy atom. The zero-order chi connectivity index (χ0) is 16.7. The number of anilines is 1. The van der Waals surface area contributed by atoms with Crippen molar-refractivity contribution in [3.8, 4) is 0 Å². The summed E-state index contributed by atoms with van der Waals surface area (Å²) in [6.45, 7) is 1.21. The van der Waals surface area contributed by atoms with Gasteiger partial charge in [0.2, 0.25) is 0 Å². The van der Waals surface area contributed by atoms with Crippen LogP contribution in [0.25, 0.3) is 0 Å². The summed E-state index contributed by atoms with van der Waals surface area (Å²) in [5.41, 5.74) is 1.13. The van der Waals surface area contributed by atoms with Crippen LogP contribution in [0.4, 0.5) is 10.5 Å². The van der Waals surface area contributed by atoms with Crippen LogP contribution in [0.1, 0.15) is 36.0 Å². The smallest absolute Gasteiger partial charge is 0.321 e. The number of carbonyl (C=O) groups excluding carboxylic acids is 2. The van der Waals surface area contributed by atoms with Crippen LogP contribution < -0.4 is 20.9 Å². The molecule has 3 aliphatic heterocycles. The van der Waals surface area contributed by atoms with Crippen molar-refractivity contribution in [2.24, 2.45) is 0 Å². The molecule has 8 heteroatoms. The molecule has 3 aliphatic rings. The van der Waals surface area contributed by atoms with Gasteiger partial charge >= 0.3 is 6.03 Å². The monoisotopic (exact) mass is 384 g/mol. The molecule has 0 spiro atoms. The van der Waals surface area contributed by atoms with E-state index in [2.05, 4.69) is 16.0 Å². The number of hydrogen-bond donors (Lipinski definition) is 3. The molecule has 0 saturated carbocycles. The largest absolute Gasteiger partial charge is 0.349 e. The zero-order valence-electron chi connectivity index (χ0n) is 13.8. The lowest BCUT2D eigenvalue weighted by Gasteiger charge is -2.29. The Balaban J connectivity index is 0.00000182. The molecular formula is C17H22Cl2N4O2. The summed E-state index contributed by atoms with van der Waals surface area (Å²) >= 11 is 6.23. The van der Waals surface area contributed by atoms with Crippen molar-refractivity contribution >= 4 is 41.6 Å². The molecule has 0 radical (unpaired) electrons. The average Bonchev–Trinajstić information content (AvgIpc) is 3.13. The van der Waals surface area contributed by atoms with Crippen LogP contribution in [0.15, 0.2) is 18.2 Å². The number of halogens is 2. The van der Waals surface area contributed by atoms with Gasteiger partial charge in [0.15, 0.2) is 0 Å². The van der Waals surface area contributed by atoms with Crippen LogP contribution in [0.3, 0.4) is 0 Å². The zero-order valence-corrected chi connectivity index (χ0v) is 15.3. The van der Waals surface area contributed by atoms with Crippen molar-refractivity contribution in [3.63, 3.8) is 0 Å². The standard InChI is InChI=1S/C17H21ClN4O2.ClH/c18-15-4-3-13(22-6-5-19-17(22)24)9-14(15)16(23)21-12-7-10-1-2-11(8-12)20-10;/h3-4,9-12,20H,1-2,5-8H2,(H,19,24)(H,21,23);1H. The fraction of sp³-hybridized carbons (Fsp3) is 0.529. The molecule has 1 aromatic carbocycles. The number of hydrogen-bond acceptors (Lipinski definition) is 3. The second-order valence-corrected chi connectivity index (χ2v) is 7.23. The van der Waals surface area contributed by atoms with Crippen molar-refractivity contribution in [1.29, 1.82) is 0 Å². The van der Waals surface area contributed by atoms with Gasteiger partial charge in [-0.25, -0.2) is 4.79 Å². The average molecular weight is 385 g/mol. The Morgan fingerprint density at radius 2 is 1.96 bits per heavy atom. The molecule has 3 N–H and O–H groups in total. The van der Waals surface area contributed by atoms with E-state index in [1.54, 1.807) is 23.1 Å². The summed E-state index contributed by atoms with van der Waals surface area (Å²) in [5, 5.41) is 9.86. The van der Waals surface area contributed by atoms with Gasteiger partial charge in [-0.3, -0.25) is 9.69 Å². The molecule has 25 heavy (non-hydrogen) atoms. The van der Waals surface area contributed by atoms with Crippen molar-refractivity contribution < 1.29 is 9.59 Å². The number of carbonyl (C=O) groups is 2. The molecule has 3 amide bonds. The predicted molar refractivity (Wildman–Crippen MR) is 99.9 cm³/mol. The molecule has 0 aliphatic carbocycles. The maximum Gasteiger partial charge on any atom is 0.321 e. The van der Waals surface area contributed by atoms with Gasteiger partial charge in [-0.15, -0.1) is 12.4 Å². The minimum Gasteiger partial charge on any atom is -0.349 e. The quantitative estimate of drug-likeness (QED) is 0.748. The van der Waals surface area contributed by atoms with Gasteiger partial charge in [-0.2, -0.15) is 0 Å². The van der Waals surface area contributed by atoms with Gasteiger partial charge in [0.1, 0.15) is 0 Å². The number of amides is 3. The Bertz CT molecular complexity index is 673. The van der Waals surface area contributed by atoms with E-state index in [4.69, 9.17) is 11.6 Å². The number of fused-ring (bicyclic) bond motifs is 2. The normalized spacial score (nSPS) is 27.6. The Labute approximate surface area is 158 Å². The number of benzene rings is 1. The van der Waals surface area contributed by atoms with Crippen molar-refractivity contribution in [3.05, 3.63) is 28.8 Å². The Kier molecular flexibility index (Phi) is 5.41. The van der Waals surface area contributed by atoms with E-state index in [-0.39, 0.29) is 30.4 Å². The van der Waals surface area contributed by atoms with E-state index in [9.17, 15) is 9.59 Å². The van der Waals surface area contributed by atoms with Crippen LogP contribution in [-0.2, 0) is 0 Å². The highest BCUT2D eigenvalue weighted by molar-refractivity contribution is 6.34. The van der Waals surface area contributed by atoms with Gasteiger partial charge in [0.25, 0.3) is 5.91 Å². The summed E-state index contributed by atoms with van der Waals surface area (Å²) in [5.74, 6) is -0.159. The maximum absolute atomic E-state index is 12.7. The Morgan fingerprint density at radius 3 is 2.60 bits per heavy atom. The molecule has 3 fully saturated rings. The van der Waals surface area contributed by atoms with E-state index in [1.165, 1.54) is 12.8 Å². The third kappa shape index (κ3) is 3.71. The molecular weight excluding hydrogens is 363 g/mol. The summed E-state index contributed by atoms with van der Waals surface area (Å²) in [6.07, 6.45) is 4.32. The Hall–Kier alpha value is -1.50. The number of nitrogens with zero attached hydrogens (tertiary/aromatic N) is 1. The van der Waals surface area contributed by atoms with Gasteiger partial charge in [0.05, 0.1) is 10.6 Å².